The van der Waals surface area contributed by atoms with E-state index in [4.69, 9.17) is 4.74 Å². The maximum Gasteiger partial charge on any atom is 0.230 e. The van der Waals surface area contributed by atoms with E-state index in [0.717, 1.165) is 30.8 Å². The molecule has 1 saturated carbocycles. The summed E-state index contributed by atoms with van der Waals surface area (Å²) < 4.78 is 7.69. The lowest BCUT2D eigenvalue weighted by atomic mass is 9.73. The first-order valence-corrected chi connectivity index (χ1v) is 9.22. The minimum Gasteiger partial charge on any atom is -0.381 e. The van der Waals surface area contributed by atoms with Crippen LogP contribution in [0.3, 0.4) is 0 Å². The van der Waals surface area contributed by atoms with Crippen molar-refractivity contribution in [1.29, 1.82) is 0 Å². The van der Waals surface area contributed by atoms with Crippen LogP contribution in [0.5, 0.6) is 0 Å². The van der Waals surface area contributed by atoms with Crippen molar-refractivity contribution < 1.29 is 9.53 Å². The van der Waals surface area contributed by atoms with Crippen molar-refractivity contribution in [3.63, 3.8) is 0 Å². The van der Waals surface area contributed by atoms with Gasteiger partial charge in [0.25, 0.3) is 0 Å². The molecule has 1 aromatic heterocycles. The zero-order valence-electron chi connectivity index (χ0n) is 14.5. The van der Waals surface area contributed by atoms with E-state index in [9.17, 15) is 4.79 Å². The van der Waals surface area contributed by atoms with E-state index >= 15 is 0 Å². The number of nitrogens with one attached hydrogen (secondary N) is 1. The van der Waals surface area contributed by atoms with E-state index in [1.54, 1.807) is 0 Å². The molecule has 2 aromatic rings. The van der Waals surface area contributed by atoms with Gasteiger partial charge in [0.05, 0.1) is 5.41 Å². The number of nitrogens with zero attached hydrogens (tertiary/aromatic N) is 2. The number of imidazole rings is 1. The molecular weight excluding hydrogens is 314 g/mol. The van der Waals surface area contributed by atoms with Crippen LogP contribution in [0.4, 0.5) is 0 Å². The second-order valence-electron chi connectivity index (χ2n) is 7.07. The van der Waals surface area contributed by atoms with E-state index in [1.165, 1.54) is 12.8 Å². The van der Waals surface area contributed by atoms with Gasteiger partial charge in [-0.15, -0.1) is 0 Å². The Labute approximate surface area is 148 Å². The largest absolute Gasteiger partial charge is 0.381 e. The Morgan fingerprint density at radius 3 is 2.72 bits per heavy atom. The van der Waals surface area contributed by atoms with Gasteiger partial charge in [0.15, 0.2) is 0 Å². The van der Waals surface area contributed by atoms with Crippen molar-refractivity contribution in [2.45, 2.75) is 43.6 Å². The van der Waals surface area contributed by atoms with Crippen LogP contribution in [0.1, 0.15) is 43.0 Å². The lowest BCUT2D eigenvalue weighted by Crippen LogP contribution is -2.48. The van der Waals surface area contributed by atoms with Crippen LogP contribution >= 0.6 is 0 Å². The molecule has 2 aliphatic rings. The molecule has 0 spiro atoms. The molecule has 4 rings (SSSR count). The highest BCUT2D eigenvalue weighted by molar-refractivity contribution is 5.88. The Balaban J connectivity index is 1.43. The zero-order chi connectivity index (χ0) is 17.1. The van der Waals surface area contributed by atoms with Gasteiger partial charge in [-0.3, -0.25) is 4.79 Å². The first kappa shape index (κ1) is 16.3. The number of benzene rings is 1. The van der Waals surface area contributed by atoms with E-state index in [1.807, 2.05) is 30.6 Å². The maximum absolute atomic E-state index is 13.1. The molecule has 25 heavy (non-hydrogen) atoms. The van der Waals surface area contributed by atoms with Crippen molar-refractivity contribution >= 4 is 5.91 Å². The fourth-order valence-corrected chi connectivity index (χ4v) is 3.79. The first-order valence-electron chi connectivity index (χ1n) is 9.22. The van der Waals surface area contributed by atoms with Crippen LogP contribution in [0.25, 0.3) is 0 Å². The summed E-state index contributed by atoms with van der Waals surface area (Å²) in [5.41, 5.74) is 0.630. The number of hydrogen-bond donors (Lipinski definition) is 1. The molecule has 0 unspecified atom stereocenters. The van der Waals surface area contributed by atoms with Crippen molar-refractivity contribution in [2.75, 3.05) is 19.8 Å². The van der Waals surface area contributed by atoms with Gasteiger partial charge in [0.1, 0.15) is 5.82 Å². The molecule has 0 radical (unpaired) electrons. The van der Waals surface area contributed by atoms with Gasteiger partial charge >= 0.3 is 0 Å². The number of aromatic nitrogens is 2. The van der Waals surface area contributed by atoms with Crippen molar-refractivity contribution in [1.82, 2.24) is 14.9 Å². The molecule has 1 amide bonds. The molecule has 0 atom stereocenters. The number of rotatable bonds is 6. The van der Waals surface area contributed by atoms with Gasteiger partial charge in [0, 0.05) is 44.6 Å². The predicted octanol–water partition coefficient (Wildman–Crippen LogP) is 2.63. The highest BCUT2D eigenvalue weighted by atomic mass is 16.5. The maximum atomic E-state index is 13.1. The predicted molar refractivity (Wildman–Crippen MR) is 95.4 cm³/mol. The van der Waals surface area contributed by atoms with E-state index < -0.39 is 5.41 Å². The Morgan fingerprint density at radius 1 is 1.24 bits per heavy atom. The number of amides is 1. The van der Waals surface area contributed by atoms with E-state index in [2.05, 4.69) is 27.0 Å². The van der Waals surface area contributed by atoms with E-state index in [0.29, 0.717) is 25.7 Å². The fourth-order valence-electron chi connectivity index (χ4n) is 3.79. The van der Waals surface area contributed by atoms with Crippen LogP contribution in [0, 0.1) is 0 Å². The van der Waals surface area contributed by atoms with Gasteiger partial charge in [-0.25, -0.2) is 4.98 Å². The third-order valence-electron chi connectivity index (χ3n) is 5.44. The summed E-state index contributed by atoms with van der Waals surface area (Å²) in [6, 6.07) is 10.1. The van der Waals surface area contributed by atoms with Crippen LogP contribution in [-0.4, -0.2) is 35.2 Å². The summed E-state index contributed by atoms with van der Waals surface area (Å²) >= 11 is 0. The van der Waals surface area contributed by atoms with Crippen molar-refractivity contribution in [2.24, 2.45) is 0 Å². The third kappa shape index (κ3) is 3.33. The summed E-state index contributed by atoms with van der Waals surface area (Å²) in [6.45, 7) is 2.68. The van der Waals surface area contributed by atoms with Gasteiger partial charge < -0.3 is 14.6 Å². The third-order valence-corrected chi connectivity index (χ3v) is 5.44. The molecule has 0 bridgehead atoms. The first-order chi connectivity index (χ1) is 12.3. The topological polar surface area (TPSA) is 56.2 Å². The molecule has 2 fully saturated rings. The number of carbonyl (C=O) groups is 1. The molecular formula is C20H25N3O2. The highest BCUT2D eigenvalue weighted by Crippen LogP contribution is 2.39. The summed E-state index contributed by atoms with van der Waals surface area (Å²) in [5, 5.41) is 3.17. The smallest absolute Gasteiger partial charge is 0.230 e. The molecule has 5 nitrogen and oxygen atoms in total. The fraction of sp³-hybridized carbons (Fsp3) is 0.500. The Bertz CT molecular complexity index is 716. The number of ether oxygens (including phenoxy) is 1. The van der Waals surface area contributed by atoms with Gasteiger partial charge in [-0.2, -0.15) is 0 Å². The molecule has 1 aliphatic heterocycles. The van der Waals surface area contributed by atoms with Crippen LogP contribution < -0.4 is 5.32 Å². The summed E-state index contributed by atoms with van der Waals surface area (Å²) in [5.74, 6) is 1.91. The molecule has 132 valence electrons. The quantitative estimate of drug-likeness (QED) is 0.880. The molecule has 2 heterocycles. The molecule has 1 N–H and O–H groups in total. The van der Waals surface area contributed by atoms with Crippen molar-refractivity contribution in [3.8, 4) is 0 Å². The number of carbonyl (C=O) groups excluding carboxylic acids is 1. The Hall–Kier alpha value is -2.14. The Kier molecular flexibility index (Phi) is 4.57. The van der Waals surface area contributed by atoms with E-state index in [-0.39, 0.29) is 5.91 Å². The molecule has 1 saturated heterocycles. The second kappa shape index (κ2) is 7.00. The van der Waals surface area contributed by atoms with Gasteiger partial charge in [-0.1, -0.05) is 30.3 Å². The number of hydrogen-bond acceptors (Lipinski definition) is 3. The minimum absolute atomic E-state index is 0.120. The Morgan fingerprint density at radius 2 is 2.00 bits per heavy atom. The van der Waals surface area contributed by atoms with Gasteiger partial charge in [0.2, 0.25) is 5.91 Å². The molecule has 1 aliphatic carbocycles. The van der Waals surface area contributed by atoms with Crippen LogP contribution in [0.2, 0.25) is 0 Å². The van der Waals surface area contributed by atoms with Crippen LogP contribution in [0.15, 0.2) is 42.7 Å². The summed E-state index contributed by atoms with van der Waals surface area (Å²) in [4.78, 5) is 17.5. The zero-order valence-corrected chi connectivity index (χ0v) is 14.5. The second-order valence-corrected chi connectivity index (χ2v) is 7.07. The average molecular weight is 339 g/mol. The summed E-state index contributed by atoms with van der Waals surface area (Å²) in [7, 11) is 0. The SMILES string of the molecule is O=C(NCCn1ccnc1C1CC1)C1(c2ccccc2)CCOCC1. The normalized spacial score (nSPS) is 19.5. The summed E-state index contributed by atoms with van der Waals surface area (Å²) in [6.07, 6.45) is 7.82. The van der Waals surface area contributed by atoms with Crippen LogP contribution in [-0.2, 0) is 21.5 Å². The minimum atomic E-state index is -0.465. The molecule has 5 heteroatoms. The standard InChI is InChI=1S/C20H25N3O2/c24-19(22-11-13-23-12-10-21-18(23)16-6-7-16)20(8-14-25-15-9-20)17-4-2-1-3-5-17/h1-5,10,12,16H,6-9,11,13-15H2,(H,22,24). The lowest BCUT2D eigenvalue weighted by Gasteiger charge is -2.36. The average Bonchev–Trinajstić information content (AvgIpc) is 3.41. The van der Waals surface area contributed by atoms with Crippen molar-refractivity contribution in [3.05, 3.63) is 54.1 Å². The molecule has 1 aromatic carbocycles. The lowest BCUT2D eigenvalue weighted by molar-refractivity contribution is -0.130. The van der Waals surface area contributed by atoms with Gasteiger partial charge in [-0.05, 0) is 31.2 Å². The highest BCUT2D eigenvalue weighted by Gasteiger charge is 2.41. The monoisotopic (exact) mass is 339 g/mol.